The Morgan fingerprint density at radius 1 is 0.966 bits per heavy atom. The largest absolute Gasteiger partial charge is 0.481 e. The van der Waals surface area contributed by atoms with Crippen molar-refractivity contribution in [3.05, 3.63) is 59.7 Å². The number of carbonyl (C=O) groups excluding carboxylic acids is 1. The highest BCUT2D eigenvalue weighted by Crippen LogP contribution is 2.55. The van der Waals surface area contributed by atoms with Crippen molar-refractivity contribution in [1.82, 2.24) is 5.32 Å². The predicted octanol–water partition coefficient (Wildman–Crippen LogP) is 4.41. The Hall–Kier alpha value is -2.82. The maximum absolute atomic E-state index is 12.5. The van der Waals surface area contributed by atoms with Crippen LogP contribution >= 0.6 is 0 Å². The number of carbonyl (C=O) groups is 2. The van der Waals surface area contributed by atoms with Gasteiger partial charge in [0.2, 0.25) is 0 Å². The molecular weight excluding hydrogens is 366 g/mol. The van der Waals surface area contributed by atoms with E-state index in [4.69, 9.17) is 4.74 Å². The number of ether oxygens (including phenoxy) is 1. The van der Waals surface area contributed by atoms with Crippen LogP contribution in [0.3, 0.4) is 0 Å². The van der Waals surface area contributed by atoms with E-state index in [1.54, 1.807) is 0 Å². The molecule has 1 amide bonds. The normalized spacial score (nSPS) is 24.9. The molecule has 2 aromatic carbocycles. The fourth-order valence-electron chi connectivity index (χ4n) is 5.41. The van der Waals surface area contributed by atoms with Crippen molar-refractivity contribution in [1.29, 1.82) is 0 Å². The molecule has 2 saturated carbocycles. The van der Waals surface area contributed by atoms with Gasteiger partial charge in [-0.3, -0.25) is 4.79 Å². The van der Waals surface area contributed by atoms with E-state index in [9.17, 15) is 14.7 Å². The van der Waals surface area contributed by atoms with Crippen LogP contribution in [0, 0.1) is 17.8 Å². The highest BCUT2D eigenvalue weighted by atomic mass is 16.5. The standard InChI is InChI=1S/C24H25NO4/c26-23(27)12-22(16-10-14-9-15(14)11-16)25-24(28)29-13-21-19-7-3-1-5-17(19)18-6-2-4-8-20(18)21/h1-8,14-16,21-22H,9-13H2,(H,25,28)(H,26,27)/t14?,15?,16?,22-/m1/s1. The lowest BCUT2D eigenvalue weighted by Crippen LogP contribution is -2.42. The highest BCUT2D eigenvalue weighted by Gasteiger charge is 2.48. The van der Waals surface area contributed by atoms with E-state index < -0.39 is 12.1 Å². The summed E-state index contributed by atoms with van der Waals surface area (Å²) in [5, 5.41) is 12.1. The van der Waals surface area contributed by atoms with E-state index >= 15 is 0 Å². The molecule has 3 aliphatic rings. The second-order valence-electron chi connectivity index (χ2n) is 8.66. The first-order chi connectivity index (χ1) is 14.1. The van der Waals surface area contributed by atoms with Crippen molar-refractivity contribution < 1.29 is 19.4 Å². The van der Waals surface area contributed by atoms with Crippen LogP contribution < -0.4 is 5.32 Å². The topological polar surface area (TPSA) is 75.6 Å². The van der Waals surface area contributed by atoms with Crippen LogP contribution in [0.5, 0.6) is 0 Å². The fourth-order valence-corrected chi connectivity index (χ4v) is 5.41. The Morgan fingerprint density at radius 2 is 1.55 bits per heavy atom. The summed E-state index contributed by atoms with van der Waals surface area (Å²) in [4.78, 5) is 23.8. The lowest BCUT2D eigenvalue weighted by atomic mass is 9.92. The molecule has 2 unspecified atom stereocenters. The monoisotopic (exact) mass is 391 g/mol. The number of rotatable bonds is 6. The van der Waals surface area contributed by atoms with Crippen LogP contribution in [0.25, 0.3) is 11.1 Å². The minimum atomic E-state index is -0.880. The Bertz CT molecular complexity index is 900. The van der Waals surface area contributed by atoms with Gasteiger partial charge >= 0.3 is 12.1 Å². The minimum absolute atomic E-state index is 0.00481. The molecule has 3 atom stereocenters. The van der Waals surface area contributed by atoms with Gasteiger partial charge in [-0.1, -0.05) is 48.5 Å². The van der Waals surface area contributed by atoms with Crippen molar-refractivity contribution >= 4 is 12.1 Å². The number of aliphatic carboxylic acids is 1. The zero-order valence-corrected chi connectivity index (χ0v) is 16.2. The summed E-state index contributed by atoms with van der Waals surface area (Å²) in [7, 11) is 0. The van der Waals surface area contributed by atoms with Crippen LogP contribution in [0.1, 0.15) is 42.7 Å². The van der Waals surface area contributed by atoms with E-state index in [0.29, 0.717) is 0 Å². The number of hydrogen-bond acceptors (Lipinski definition) is 3. The SMILES string of the molecule is O=C(O)C[C@@H](NC(=O)OCC1c2ccccc2-c2ccccc21)C1CC2CC2C1. The number of nitrogens with one attached hydrogen (secondary N) is 1. The zero-order chi connectivity index (χ0) is 20.0. The second kappa shape index (κ2) is 7.21. The molecule has 0 aliphatic heterocycles. The number of alkyl carbamates (subject to hydrolysis) is 1. The van der Waals surface area contributed by atoms with Gasteiger partial charge in [0.15, 0.2) is 0 Å². The molecule has 150 valence electrons. The maximum atomic E-state index is 12.5. The smallest absolute Gasteiger partial charge is 0.407 e. The molecular formula is C24H25NO4. The third-order valence-corrected chi connectivity index (χ3v) is 6.89. The van der Waals surface area contributed by atoms with Gasteiger partial charge in [0.1, 0.15) is 6.61 Å². The van der Waals surface area contributed by atoms with Gasteiger partial charge in [0.05, 0.1) is 6.42 Å². The lowest BCUT2D eigenvalue weighted by molar-refractivity contribution is -0.137. The van der Waals surface area contributed by atoms with E-state index in [2.05, 4.69) is 29.6 Å². The third-order valence-electron chi connectivity index (χ3n) is 6.89. The molecule has 5 heteroatoms. The van der Waals surface area contributed by atoms with Crippen LogP contribution in [0.4, 0.5) is 4.79 Å². The number of fused-ring (bicyclic) bond motifs is 4. The molecule has 0 aromatic heterocycles. The van der Waals surface area contributed by atoms with Crippen molar-refractivity contribution in [2.75, 3.05) is 6.61 Å². The van der Waals surface area contributed by atoms with Crippen LogP contribution in [0.15, 0.2) is 48.5 Å². The first kappa shape index (κ1) is 18.2. The first-order valence-electron chi connectivity index (χ1n) is 10.4. The van der Waals surface area contributed by atoms with E-state index in [0.717, 1.165) is 24.7 Å². The molecule has 0 bridgehead atoms. The van der Waals surface area contributed by atoms with Crippen molar-refractivity contribution in [2.45, 2.75) is 37.6 Å². The summed E-state index contributed by atoms with van der Waals surface area (Å²) in [6.07, 6.45) is 2.74. The number of hydrogen-bond donors (Lipinski definition) is 2. The van der Waals surface area contributed by atoms with Gasteiger partial charge in [-0.05, 0) is 59.3 Å². The number of amides is 1. The Kier molecular flexibility index (Phi) is 4.53. The molecule has 3 aliphatic carbocycles. The molecule has 29 heavy (non-hydrogen) atoms. The van der Waals surface area contributed by atoms with Gasteiger partial charge in [-0.25, -0.2) is 4.79 Å². The molecule has 5 rings (SSSR count). The summed E-state index contributed by atoms with van der Waals surface area (Å²) < 4.78 is 5.61. The third kappa shape index (κ3) is 3.50. The molecule has 5 nitrogen and oxygen atoms in total. The van der Waals surface area contributed by atoms with Gasteiger partial charge in [0.25, 0.3) is 0 Å². The Labute approximate surface area is 170 Å². The summed E-state index contributed by atoms with van der Waals surface area (Å²) in [5.41, 5.74) is 4.70. The van der Waals surface area contributed by atoms with Gasteiger partial charge in [0, 0.05) is 12.0 Å². The van der Waals surface area contributed by atoms with Gasteiger partial charge in [-0.2, -0.15) is 0 Å². The number of carboxylic acids is 1. The molecule has 0 radical (unpaired) electrons. The molecule has 2 aromatic rings. The van der Waals surface area contributed by atoms with Crippen molar-refractivity contribution in [3.63, 3.8) is 0 Å². The molecule has 0 saturated heterocycles. The van der Waals surface area contributed by atoms with E-state index in [1.165, 1.54) is 28.7 Å². The Morgan fingerprint density at radius 3 is 2.14 bits per heavy atom. The number of carboxylic acid groups (broad SMARTS) is 1. The lowest BCUT2D eigenvalue weighted by Gasteiger charge is -2.24. The average molecular weight is 391 g/mol. The molecule has 0 spiro atoms. The number of benzene rings is 2. The average Bonchev–Trinajstić information content (AvgIpc) is 3.19. The summed E-state index contributed by atoms with van der Waals surface area (Å²) in [6, 6.07) is 16.1. The van der Waals surface area contributed by atoms with Crippen molar-refractivity contribution in [2.24, 2.45) is 17.8 Å². The van der Waals surface area contributed by atoms with Crippen molar-refractivity contribution in [3.8, 4) is 11.1 Å². The minimum Gasteiger partial charge on any atom is -0.481 e. The maximum Gasteiger partial charge on any atom is 0.407 e. The molecule has 2 fully saturated rings. The predicted molar refractivity (Wildman–Crippen MR) is 109 cm³/mol. The van der Waals surface area contributed by atoms with Crippen LogP contribution in [0.2, 0.25) is 0 Å². The molecule has 0 heterocycles. The Balaban J connectivity index is 1.26. The highest BCUT2D eigenvalue weighted by molar-refractivity contribution is 5.79. The van der Waals surface area contributed by atoms with Crippen LogP contribution in [-0.2, 0) is 9.53 Å². The zero-order valence-electron chi connectivity index (χ0n) is 16.2. The molecule has 2 N–H and O–H groups in total. The van der Waals surface area contributed by atoms with E-state index in [1.807, 2.05) is 24.3 Å². The fraction of sp³-hybridized carbons (Fsp3) is 0.417. The van der Waals surface area contributed by atoms with Crippen LogP contribution in [-0.4, -0.2) is 29.8 Å². The van der Waals surface area contributed by atoms with Gasteiger partial charge < -0.3 is 15.2 Å². The van der Waals surface area contributed by atoms with E-state index in [-0.39, 0.29) is 30.9 Å². The summed E-state index contributed by atoms with van der Waals surface area (Å²) >= 11 is 0. The summed E-state index contributed by atoms with van der Waals surface area (Å²) in [6.45, 7) is 0.246. The first-order valence-corrected chi connectivity index (χ1v) is 10.4. The van der Waals surface area contributed by atoms with Gasteiger partial charge in [-0.15, -0.1) is 0 Å². The second-order valence-corrected chi connectivity index (χ2v) is 8.66. The quantitative estimate of drug-likeness (QED) is 0.765. The summed E-state index contributed by atoms with van der Waals surface area (Å²) in [5.74, 6) is 0.844.